The summed E-state index contributed by atoms with van der Waals surface area (Å²) in [5.74, 6) is -0.873. The van der Waals surface area contributed by atoms with Crippen molar-refractivity contribution in [3.8, 4) is 11.3 Å². The Labute approximate surface area is 221 Å². The number of hydrogen-bond donors (Lipinski definition) is 0. The highest BCUT2D eigenvalue weighted by atomic mass is 35.5. The van der Waals surface area contributed by atoms with Crippen molar-refractivity contribution >= 4 is 23.2 Å². The summed E-state index contributed by atoms with van der Waals surface area (Å²) in [7, 11) is 0. The Hall–Kier alpha value is -3.50. The highest BCUT2D eigenvalue weighted by Gasteiger charge is 2.36. The normalized spacial score (nSPS) is 14.9. The molecule has 2 aromatic carbocycles. The SMILES string of the molecule is Cc1ccc(-c2cc(C(F)(F)F)n3nc(C(=O)N4CCN(Cc5ccc(F)cc5Cl)CC4)cc3n2)cc1C. The van der Waals surface area contributed by atoms with Crippen molar-refractivity contribution in [2.75, 3.05) is 26.2 Å². The zero-order valence-corrected chi connectivity index (χ0v) is 21.4. The number of carbonyl (C=O) groups excluding carboxylic acids is 1. The van der Waals surface area contributed by atoms with Crippen LogP contribution in [0.15, 0.2) is 48.5 Å². The summed E-state index contributed by atoms with van der Waals surface area (Å²) in [4.78, 5) is 21.2. The number of hydrogen-bond acceptors (Lipinski definition) is 4. The van der Waals surface area contributed by atoms with Crippen molar-refractivity contribution in [1.82, 2.24) is 24.4 Å². The molecule has 1 amide bonds. The molecule has 0 bridgehead atoms. The van der Waals surface area contributed by atoms with Crippen LogP contribution >= 0.6 is 11.6 Å². The maximum absolute atomic E-state index is 14.0. The summed E-state index contributed by atoms with van der Waals surface area (Å²) < 4.78 is 55.9. The molecule has 0 atom stereocenters. The Morgan fingerprint density at radius 3 is 2.37 bits per heavy atom. The highest BCUT2D eigenvalue weighted by Crippen LogP contribution is 2.33. The monoisotopic (exact) mass is 545 g/mol. The molecule has 3 heterocycles. The first kappa shape index (κ1) is 26.1. The third-order valence-corrected chi connectivity index (χ3v) is 7.16. The van der Waals surface area contributed by atoms with Crippen LogP contribution in [0.5, 0.6) is 0 Å². The van der Waals surface area contributed by atoms with Crippen LogP contribution in [0.4, 0.5) is 17.6 Å². The van der Waals surface area contributed by atoms with E-state index < -0.39 is 23.6 Å². The Bertz CT molecular complexity index is 1530. The average Bonchev–Trinajstić information content (AvgIpc) is 3.30. The number of alkyl halides is 3. The number of carbonyl (C=O) groups is 1. The number of piperazine rings is 1. The molecule has 1 saturated heterocycles. The van der Waals surface area contributed by atoms with Gasteiger partial charge in [0.2, 0.25) is 0 Å². The van der Waals surface area contributed by atoms with E-state index in [4.69, 9.17) is 11.6 Å². The number of benzene rings is 2. The second-order valence-corrected chi connectivity index (χ2v) is 9.83. The van der Waals surface area contributed by atoms with Crippen LogP contribution in [0, 0.1) is 19.7 Å². The molecule has 0 saturated carbocycles. The summed E-state index contributed by atoms with van der Waals surface area (Å²) in [6, 6.07) is 11.8. The lowest BCUT2D eigenvalue weighted by Gasteiger charge is -2.34. The smallest absolute Gasteiger partial charge is 0.335 e. The molecule has 1 aliphatic heterocycles. The molecule has 5 rings (SSSR count). The topological polar surface area (TPSA) is 53.7 Å². The Morgan fingerprint density at radius 1 is 0.974 bits per heavy atom. The summed E-state index contributed by atoms with van der Waals surface area (Å²) in [6.45, 7) is 6.06. The highest BCUT2D eigenvalue weighted by molar-refractivity contribution is 6.31. The lowest BCUT2D eigenvalue weighted by atomic mass is 10.0. The molecule has 0 N–H and O–H groups in total. The van der Waals surface area contributed by atoms with E-state index in [1.165, 1.54) is 18.2 Å². The van der Waals surface area contributed by atoms with Crippen molar-refractivity contribution in [1.29, 1.82) is 0 Å². The predicted molar refractivity (Wildman–Crippen MR) is 135 cm³/mol. The molecule has 0 aliphatic carbocycles. The number of rotatable bonds is 4. The zero-order chi connectivity index (χ0) is 27.2. The van der Waals surface area contributed by atoms with Gasteiger partial charge in [-0.25, -0.2) is 13.9 Å². The van der Waals surface area contributed by atoms with Gasteiger partial charge in [0, 0.05) is 49.4 Å². The minimum Gasteiger partial charge on any atom is -0.335 e. The van der Waals surface area contributed by atoms with Crippen LogP contribution in [-0.4, -0.2) is 56.5 Å². The molecule has 0 radical (unpaired) electrons. The first-order valence-electron chi connectivity index (χ1n) is 12.0. The van der Waals surface area contributed by atoms with Crippen molar-refractivity contribution < 1.29 is 22.4 Å². The molecule has 2 aromatic heterocycles. The molecule has 6 nitrogen and oxygen atoms in total. The summed E-state index contributed by atoms with van der Waals surface area (Å²) in [6.07, 6.45) is -4.70. The van der Waals surface area contributed by atoms with Crippen LogP contribution in [0.1, 0.15) is 32.9 Å². The van der Waals surface area contributed by atoms with Gasteiger partial charge in [-0.15, -0.1) is 0 Å². The van der Waals surface area contributed by atoms with Crippen LogP contribution in [0.2, 0.25) is 5.02 Å². The van der Waals surface area contributed by atoms with Crippen LogP contribution in [0.3, 0.4) is 0 Å². The molecule has 0 unspecified atom stereocenters. The van der Waals surface area contributed by atoms with Gasteiger partial charge in [0.25, 0.3) is 5.91 Å². The Kier molecular flexibility index (Phi) is 6.87. The average molecular weight is 546 g/mol. The van der Waals surface area contributed by atoms with Crippen LogP contribution < -0.4 is 0 Å². The van der Waals surface area contributed by atoms with Gasteiger partial charge < -0.3 is 4.90 Å². The molecule has 11 heteroatoms. The van der Waals surface area contributed by atoms with Crippen molar-refractivity contribution in [3.63, 3.8) is 0 Å². The maximum atomic E-state index is 14.0. The lowest BCUT2D eigenvalue weighted by molar-refractivity contribution is -0.142. The van der Waals surface area contributed by atoms with Crippen LogP contribution in [-0.2, 0) is 12.7 Å². The predicted octanol–water partition coefficient (Wildman–Crippen LogP) is 5.78. The van der Waals surface area contributed by atoms with Gasteiger partial charge in [-0.2, -0.15) is 18.3 Å². The largest absolute Gasteiger partial charge is 0.433 e. The fourth-order valence-electron chi connectivity index (χ4n) is 4.49. The number of aromatic nitrogens is 3. The number of nitrogens with zero attached hydrogens (tertiary/aromatic N) is 5. The first-order chi connectivity index (χ1) is 18.0. The van der Waals surface area contributed by atoms with Crippen molar-refractivity contribution in [2.45, 2.75) is 26.6 Å². The summed E-state index contributed by atoms with van der Waals surface area (Å²) in [5, 5.41) is 4.34. The van der Waals surface area contributed by atoms with E-state index in [0.29, 0.717) is 47.8 Å². The van der Waals surface area contributed by atoms with Gasteiger partial charge in [0.15, 0.2) is 17.0 Å². The van der Waals surface area contributed by atoms with Crippen molar-refractivity contribution in [2.24, 2.45) is 0 Å². The second-order valence-electron chi connectivity index (χ2n) is 9.43. The fraction of sp³-hybridized carbons (Fsp3) is 0.296. The Balaban J connectivity index is 1.38. The first-order valence-corrected chi connectivity index (χ1v) is 12.4. The second kappa shape index (κ2) is 9.99. The molecule has 0 spiro atoms. The van der Waals surface area contributed by atoms with Gasteiger partial charge in [-0.3, -0.25) is 9.69 Å². The number of aryl methyl sites for hydroxylation is 2. The summed E-state index contributed by atoms with van der Waals surface area (Å²) in [5.41, 5.74) is 2.27. The van der Waals surface area contributed by atoms with Crippen molar-refractivity contribution in [3.05, 3.63) is 87.4 Å². The maximum Gasteiger partial charge on any atom is 0.433 e. The zero-order valence-electron chi connectivity index (χ0n) is 20.7. The molecule has 1 fully saturated rings. The van der Waals surface area contributed by atoms with Gasteiger partial charge in [-0.1, -0.05) is 29.8 Å². The lowest BCUT2D eigenvalue weighted by Crippen LogP contribution is -2.48. The third-order valence-electron chi connectivity index (χ3n) is 6.81. The quantitative estimate of drug-likeness (QED) is 0.305. The molecule has 1 aliphatic rings. The minimum atomic E-state index is -4.70. The number of fused-ring (bicyclic) bond motifs is 1. The molecule has 198 valence electrons. The molecule has 38 heavy (non-hydrogen) atoms. The molecular weight excluding hydrogens is 522 g/mol. The third kappa shape index (κ3) is 5.23. The minimum absolute atomic E-state index is 0.0546. The van der Waals surface area contributed by atoms with E-state index in [9.17, 15) is 22.4 Å². The molecular formula is C27H24ClF4N5O. The number of amides is 1. The van der Waals surface area contributed by atoms with Gasteiger partial charge in [0.05, 0.1) is 5.69 Å². The van der Waals surface area contributed by atoms with Gasteiger partial charge >= 0.3 is 6.18 Å². The molecule has 4 aromatic rings. The van der Waals surface area contributed by atoms with E-state index in [1.807, 2.05) is 19.9 Å². The van der Waals surface area contributed by atoms with E-state index >= 15 is 0 Å². The Morgan fingerprint density at radius 2 is 1.71 bits per heavy atom. The van der Waals surface area contributed by atoms with Gasteiger partial charge in [0.1, 0.15) is 5.82 Å². The van der Waals surface area contributed by atoms with E-state index in [0.717, 1.165) is 22.8 Å². The summed E-state index contributed by atoms with van der Waals surface area (Å²) >= 11 is 6.13. The van der Waals surface area contributed by atoms with Gasteiger partial charge in [-0.05, 0) is 54.8 Å². The van der Waals surface area contributed by atoms with E-state index in [-0.39, 0.29) is 17.0 Å². The fourth-order valence-corrected chi connectivity index (χ4v) is 4.72. The van der Waals surface area contributed by atoms with E-state index in [1.54, 1.807) is 23.1 Å². The number of halogens is 5. The van der Waals surface area contributed by atoms with Crippen LogP contribution in [0.25, 0.3) is 16.9 Å². The van der Waals surface area contributed by atoms with E-state index in [2.05, 4.69) is 15.0 Å². The standard InChI is InChI=1S/C27H24ClF4N5O/c1-16-3-4-18(11-17(16)2)22-13-24(27(30,31)32)37-25(33-22)14-23(34-37)26(38)36-9-7-35(8-10-36)15-19-5-6-20(29)12-21(19)28/h3-6,11-14H,7-10,15H2,1-2H3.